The molecule has 2 aromatic heterocycles. The Kier molecular flexibility index (Phi) is 6.03. The van der Waals surface area contributed by atoms with Crippen LogP contribution in [0, 0.1) is 0 Å². The average molecular weight is 587 g/mol. The van der Waals surface area contributed by atoms with Crippen LogP contribution in [0.2, 0.25) is 0 Å². The quantitative estimate of drug-likeness (QED) is 0.182. The Morgan fingerprint density at radius 3 is 1.40 bits per heavy atom. The van der Waals surface area contributed by atoms with Crippen LogP contribution in [0.5, 0.6) is 0 Å². The lowest BCUT2D eigenvalue weighted by atomic mass is 10.00. The van der Waals surface area contributed by atoms with E-state index < -0.39 is 0 Å². The van der Waals surface area contributed by atoms with E-state index in [9.17, 15) is 0 Å². The zero-order chi connectivity index (χ0) is 29.9. The average Bonchev–Trinajstić information content (AvgIpc) is 3.61. The summed E-state index contributed by atoms with van der Waals surface area (Å²) in [6, 6.07) is 59.3. The zero-order valence-electron chi connectivity index (χ0n) is 24.6. The number of hydrogen-bond donors (Lipinski definition) is 0. The number of fused-ring (bicyclic) bond motifs is 6. The van der Waals surface area contributed by atoms with Crippen LogP contribution in [-0.2, 0) is 0 Å². The van der Waals surface area contributed by atoms with Gasteiger partial charge in [0.05, 0.1) is 22.1 Å². The Balaban J connectivity index is 1.22. The maximum absolute atomic E-state index is 2.92. The Labute approximate surface area is 269 Å². The van der Waals surface area contributed by atoms with E-state index >= 15 is 0 Å². The number of hydrogen-bond acceptors (Lipinski definition) is 0. The van der Waals surface area contributed by atoms with Gasteiger partial charge in [-0.3, -0.25) is 0 Å². The number of rotatable bonds is 4. The highest BCUT2D eigenvalue weighted by molar-refractivity contribution is 6.35. The minimum Gasteiger partial charge on any atom is -0.311 e. The fourth-order valence-electron chi connectivity index (χ4n) is 6.97. The molecular formula is C42H27AlN2. The molecule has 208 valence electrons. The van der Waals surface area contributed by atoms with Crippen LogP contribution in [-0.4, -0.2) is 25.4 Å². The molecule has 0 amide bonds. The van der Waals surface area contributed by atoms with Gasteiger partial charge in [-0.15, -0.1) is 4.43 Å². The molecule has 9 rings (SSSR count). The molecule has 0 aliphatic heterocycles. The third-order valence-electron chi connectivity index (χ3n) is 9.09. The molecule has 2 nitrogen and oxygen atoms in total. The molecule has 7 aromatic carbocycles. The molecule has 0 aliphatic carbocycles. The van der Waals surface area contributed by atoms with Gasteiger partial charge in [0.1, 0.15) is 0 Å². The van der Waals surface area contributed by atoms with Crippen LogP contribution < -0.4 is 4.43 Å². The van der Waals surface area contributed by atoms with Crippen molar-refractivity contribution in [3.05, 3.63) is 164 Å². The first-order valence-corrected chi connectivity index (χ1v) is 15.9. The van der Waals surface area contributed by atoms with Crippen molar-refractivity contribution in [1.82, 2.24) is 9.13 Å². The Hall–Kier alpha value is -5.33. The number of nitrogens with zero attached hydrogens (tertiary/aromatic N) is 2. The molecule has 0 atom stereocenters. The predicted octanol–water partition coefficient (Wildman–Crippen LogP) is 10.0. The molecule has 0 N–H and O–H groups in total. The second-order valence-electron chi connectivity index (χ2n) is 11.6. The molecule has 0 saturated carbocycles. The number of para-hydroxylation sites is 3. The van der Waals surface area contributed by atoms with E-state index in [-0.39, 0.29) is 0 Å². The Bertz CT molecular complexity index is 2480. The monoisotopic (exact) mass is 586 g/mol. The Morgan fingerprint density at radius 2 is 0.800 bits per heavy atom. The molecule has 2 heterocycles. The van der Waals surface area contributed by atoms with Crippen LogP contribution in [0.1, 0.15) is 0 Å². The maximum Gasteiger partial charge on any atom is 0.179 e. The first-order chi connectivity index (χ1) is 22.2. The van der Waals surface area contributed by atoms with Crippen molar-refractivity contribution in [3.63, 3.8) is 0 Å². The van der Waals surface area contributed by atoms with E-state index in [2.05, 4.69) is 189 Å². The van der Waals surface area contributed by atoms with Gasteiger partial charge < -0.3 is 9.13 Å². The first kappa shape index (κ1) is 26.1. The highest BCUT2D eigenvalue weighted by Crippen LogP contribution is 2.38. The van der Waals surface area contributed by atoms with Crippen LogP contribution in [0.4, 0.5) is 0 Å². The minimum atomic E-state index is 1.17. The summed E-state index contributed by atoms with van der Waals surface area (Å²) in [5.41, 5.74) is 12.1. The van der Waals surface area contributed by atoms with E-state index in [0.29, 0.717) is 0 Å². The van der Waals surface area contributed by atoms with Gasteiger partial charge in [0.25, 0.3) is 0 Å². The summed E-state index contributed by atoms with van der Waals surface area (Å²) in [5.74, 6) is 0. The van der Waals surface area contributed by atoms with Crippen molar-refractivity contribution in [1.29, 1.82) is 0 Å². The van der Waals surface area contributed by atoms with E-state index in [1.165, 1.54) is 81.7 Å². The minimum absolute atomic E-state index is 1.17. The standard InChI is InChI=1S/C42H27N2.Al/c1-3-11-29(12-4-1)31-21-25-41-37(27-31)38-28-32(22-26-42(38)43(41)33-13-5-2-6-14-33)30-19-23-34(24-20-30)44-39-17-9-7-15-35(39)36-16-8-10-18-40(36)44;/h1-13,15-28H;. The van der Waals surface area contributed by atoms with Crippen LogP contribution in [0.25, 0.3) is 77.2 Å². The van der Waals surface area contributed by atoms with Gasteiger partial charge in [0, 0.05) is 32.9 Å². The molecule has 45 heavy (non-hydrogen) atoms. The maximum atomic E-state index is 2.92. The molecule has 9 aromatic rings. The van der Waals surface area contributed by atoms with Gasteiger partial charge in [-0.05, 0) is 76.9 Å². The highest BCUT2D eigenvalue weighted by Gasteiger charge is 2.16. The lowest BCUT2D eigenvalue weighted by Crippen LogP contribution is -2.11. The molecule has 3 heteroatoms. The van der Waals surface area contributed by atoms with Gasteiger partial charge in [-0.2, -0.15) is 0 Å². The van der Waals surface area contributed by atoms with Gasteiger partial charge in [0.15, 0.2) is 16.3 Å². The second kappa shape index (κ2) is 10.4. The second-order valence-corrected chi connectivity index (χ2v) is 12.3. The van der Waals surface area contributed by atoms with Gasteiger partial charge in [-0.1, -0.05) is 109 Å². The van der Waals surface area contributed by atoms with Crippen molar-refractivity contribution in [2.24, 2.45) is 0 Å². The van der Waals surface area contributed by atoms with E-state index in [0.717, 1.165) is 0 Å². The van der Waals surface area contributed by atoms with Gasteiger partial charge >= 0.3 is 0 Å². The van der Waals surface area contributed by atoms with Crippen molar-refractivity contribution in [3.8, 4) is 33.6 Å². The zero-order valence-corrected chi connectivity index (χ0v) is 25.7. The Morgan fingerprint density at radius 1 is 0.333 bits per heavy atom. The topological polar surface area (TPSA) is 9.86 Å². The fourth-order valence-corrected chi connectivity index (χ4v) is 7.30. The van der Waals surface area contributed by atoms with Gasteiger partial charge in [0.2, 0.25) is 0 Å². The lowest BCUT2D eigenvalue weighted by molar-refractivity contribution is 1.18. The highest BCUT2D eigenvalue weighted by atomic mass is 27.0. The summed E-state index contributed by atoms with van der Waals surface area (Å²) in [4.78, 5) is 0. The van der Waals surface area contributed by atoms with E-state index in [1.54, 1.807) is 0 Å². The SMILES string of the molecule is [Al][c]1ccccc1-n1c2ccc(-c3ccccc3)cc2c2cc(-c3ccc(-n4c5ccccc5c5ccccc54)cc3)ccc21. The molecule has 0 saturated heterocycles. The molecule has 2 radical (unpaired) electrons. The summed E-state index contributed by atoms with van der Waals surface area (Å²) < 4.78 is 5.95. The van der Waals surface area contributed by atoms with E-state index in [4.69, 9.17) is 0 Å². The molecule has 0 unspecified atom stereocenters. The van der Waals surface area contributed by atoms with Crippen molar-refractivity contribution >= 4 is 64.3 Å². The van der Waals surface area contributed by atoms with Crippen molar-refractivity contribution in [2.75, 3.05) is 0 Å². The summed E-state index contributed by atoms with van der Waals surface area (Å²) in [6.07, 6.45) is 0. The third-order valence-corrected chi connectivity index (χ3v) is 9.58. The largest absolute Gasteiger partial charge is 0.311 e. The lowest BCUT2D eigenvalue weighted by Gasteiger charge is -2.12. The molecule has 0 fully saturated rings. The molecule has 0 spiro atoms. The molecule has 0 aliphatic rings. The van der Waals surface area contributed by atoms with Crippen molar-refractivity contribution in [2.45, 2.75) is 0 Å². The van der Waals surface area contributed by atoms with Crippen LogP contribution in [0.3, 0.4) is 0 Å². The van der Waals surface area contributed by atoms with Crippen LogP contribution >= 0.6 is 0 Å². The third kappa shape index (κ3) is 4.17. The molecular weight excluding hydrogens is 559 g/mol. The van der Waals surface area contributed by atoms with Crippen LogP contribution in [0.15, 0.2) is 164 Å². The summed E-state index contributed by atoms with van der Waals surface area (Å²) >= 11 is 2.92. The fraction of sp³-hybridized carbons (Fsp3) is 0. The number of aromatic nitrogens is 2. The van der Waals surface area contributed by atoms with E-state index in [1.807, 2.05) is 0 Å². The summed E-state index contributed by atoms with van der Waals surface area (Å²) in [7, 11) is 0. The van der Waals surface area contributed by atoms with Gasteiger partial charge in [-0.25, -0.2) is 0 Å². The molecule has 0 bridgehead atoms. The van der Waals surface area contributed by atoms with Crippen molar-refractivity contribution < 1.29 is 0 Å². The smallest absolute Gasteiger partial charge is 0.179 e. The predicted molar refractivity (Wildman–Crippen MR) is 191 cm³/mol. The first-order valence-electron chi connectivity index (χ1n) is 15.3. The summed E-state index contributed by atoms with van der Waals surface area (Å²) in [6.45, 7) is 0. The normalized spacial score (nSPS) is 11.6. The summed E-state index contributed by atoms with van der Waals surface area (Å²) in [5, 5.41) is 5.06. The number of benzene rings is 7.